The lowest BCUT2D eigenvalue weighted by Gasteiger charge is -2.09. The number of aliphatic hydroxyl groups excluding tert-OH is 1. The molecule has 130 valence electrons. The van der Waals surface area contributed by atoms with Gasteiger partial charge in [-0.15, -0.1) is 0 Å². The molecule has 0 heterocycles. The van der Waals surface area contributed by atoms with Gasteiger partial charge in [-0.25, -0.2) is 4.79 Å². The topological polar surface area (TPSA) is 95.9 Å². The number of rotatable bonds is 8. The Morgan fingerprint density at radius 1 is 1.12 bits per heavy atom. The molecule has 0 aliphatic carbocycles. The number of nitrogens with one attached hydrogen (secondary N) is 1. The van der Waals surface area contributed by atoms with E-state index in [0.717, 1.165) is 11.1 Å². The maximum Gasteiger partial charge on any atom is 0.328 e. The van der Waals surface area contributed by atoms with Crippen molar-refractivity contribution in [2.45, 2.75) is 12.6 Å². The van der Waals surface area contributed by atoms with Gasteiger partial charge in [-0.05, 0) is 29.3 Å². The number of hydrogen-bond donors (Lipinski definition) is 3. The van der Waals surface area contributed by atoms with Crippen molar-refractivity contribution in [1.29, 1.82) is 0 Å². The fourth-order valence-corrected chi connectivity index (χ4v) is 2.03. The van der Waals surface area contributed by atoms with Crippen molar-refractivity contribution in [2.24, 2.45) is 0 Å². The first-order valence-electron chi connectivity index (χ1n) is 7.67. The second kappa shape index (κ2) is 9.24. The van der Waals surface area contributed by atoms with E-state index in [4.69, 9.17) is 14.9 Å². The van der Waals surface area contributed by atoms with Crippen molar-refractivity contribution in [3.8, 4) is 5.75 Å². The summed E-state index contributed by atoms with van der Waals surface area (Å²) in [6.45, 7) is -0.233. The van der Waals surface area contributed by atoms with Crippen LogP contribution in [0.15, 0.2) is 60.7 Å². The molecule has 0 saturated carbocycles. The molecule has 0 spiro atoms. The number of hydrogen-bond acceptors (Lipinski definition) is 4. The number of aliphatic hydroxyl groups is 1. The van der Waals surface area contributed by atoms with Gasteiger partial charge in [-0.3, -0.25) is 4.79 Å². The number of ether oxygens (including phenoxy) is 1. The minimum atomic E-state index is -1.32. The van der Waals surface area contributed by atoms with E-state index in [9.17, 15) is 9.59 Å². The second-order valence-electron chi connectivity index (χ2n) is 5.26. The summed E-state index contributed by atoms with van der Waals surface area (Å²) in [5, 5.41) is 19.9. The van der Waals surface area contributed by atoms with E-state index >= 15 is 0 Å². The largest absolute Gasteiger partial charge is 0.489 e. The molecule has 0 aliphatic heterocycles. The molecule has 25 heavy (non-hydrogen) atoms. The molecule has 1 unspecified atom stereocenters. The Morgan fingerprint density at radius 3 is 2.56 bits per heavy atom. The highest BCUT2D eigenvalue weighted by atomic mass is 16.5. The molecule has 3 N–H and O–H groups in total. The monoisotopic (exact) mass is 341 g/mol. The van der Waals surface area contributed by atoms with E-state index in [1.54, 1.807) is 24.3 Å². The van der Waals surface area contributed by atoms with E-state index < -0.39 is 24.5 Å². The van der Waals surface area contributed by atoms with Crippen LogP contribution in [0, 0.1) is 0 Å². The van der Waals surface area contributed by atoms with Gasteiger partial charge < -0.3 is 20.3 Å². The number of carboxylic acids is 1. The second-order valence-corrected chi connectivity index (χ2v) is 5.26. The van der Waals surface area contributed by atoms with Gasteiger partial charge in [-0.2, -0.15) is 0 Å². The number of amides is 1. The molecule has 2 rings (SSSR count). The summed E-state index contributed by atoms with van der Waals surface area (Å²) in [5.41, 5.74) is 1.78. The molecule has 0 aromatic heterocycles. The molecule has 1 amide bonds. The minimum Gasteiger partial charge on any atom is -0.489 e. The summed E-state index contributed by atoms with van der Waals surface area (Å²) >= 11 is 0. The quantitative estimate of drug-likeness (QED) is 0.637. The fraction of sp³-hybridized carbons (Fsp3) is 0.158. The van der Waals surface area contributed by atoms with Crippen LogP contribution in [0.4, 0.5) is 0 Å². The predicted octanol–water partition coefficient (Wildman–Crippen LogP) is 1.84. The Kier molecular flexibility index (Phi) is 6.74. The number of carboxylic acid groups (broad SMARTS) is 1. The van der Waals surface area contributed by atoms with Crippen LogP contribution in [0.1, 0.15) is 11.1 Å². The lowest BCUT2D eigenvalue weighted by atomic mass is 10.2. The third kappa shape index (κ3) is 6.12. The zero-order valence-corrected chi connectivity index (χ0v) is 13.5. The normalized spacial score (nSPS) is 11.9. The zero-order chi connectivity index (χ0) is 18.1. The molecule has 0 saturated heterocycles. The average molecular weight is 341 g/mol. The molecule has 0 radical (unpaired) electrons. The summed E-state index contributed by atoms with van der Waals surface area (Å²) in [6, 6.07) is 15.6. The van der Waals surface area contributed by atoms with Crippen LogP contribution in [0.2, 0.25) is 0 Å². The van der Waals surface area contributed by atoms with Crippen LogP contribution in [0.3, 0.4) is 0 Å². The summed E-state index contributed by atoms with van der Waals surface area (Å²) in [6.07, 6.45) is 2.75. The molecular formula is C19H19NO5. The molecule has 2 aromatic rings. The Labute approximate surface area is 145 Å². The Morgan fingerprint density at radius 2 is 1.88 bits per heavy atom. The minimum absolute atomic E-state index is 0.436. The SMILES string of the molecule is O=C(/C=C/c1cccc(OCc2ccccc2)c1)NC(CO)C(=O)O. The molecular weight excluding hydrogens is 322 g/mol. The molecule has 1 atom stereocenters. The predicted molar refractivity (Wildman–Crippen MR) is 92.9 cm³/mol. The van der Waals surface area contributed by atoms with Crippen molar-refractivity contribution >= 4 is 18.0 Å². The van der Waals surface area contributed by atoms with Gasteiger partial charge in [0.1, 0.15) is 12.4 Å². The van der Waals surface area contributed by atoms with Crippen LogP contribution < -0.4 is 10.1 Å². The van der Waals surface area contributed by atoms with Gasteiger partial charge in [0.15, 0.2) is 6.04 Å². The molecule has 0 bridgehead atoms. The van der Waals surface area contributed by atoms with Crippen molar-refractivity contribution in [3.05, 3.63) is 71.8 Å². The van der Waals surface area contributed by atoms with Gasteiger partial charge in [-0.1, -0.05) is 42.5 Å². The van der Waals surface area contributed by atoms with Crippen LogP contribution in [0.25, 0.3) is 6.08 Å². The third-order valence-electron chi connectivity index (χ3n) is 3.33. The van der Waals surface area contributed by atoms with Crippen molar-refractivity contribution in [1.82, 2.24) is 5.32 Å². The third-order valence-corrected chi connectivity index (χ3v) is 3.33. The van der Waals surface area contributed by atoms with Crippen molar-refractivity contribution in [3.63, 3.8) is 0 Å². The summed E-state index contributed by atoms with van der Waals surface area (Å²) in [4.78, 5) is 22.4. The summed E-state index contributed by atoms with van der Waals surface area (Å²) < 4.78 is 5.71. The molecule has 6 heteroatoms. The van der Waals surface area contributed by atoms with Crippen LogP contribution in [0.5, 0.6) is 5.75 Å². The van der Waals surface area contributed by atoms with Gasteiger partial charge in [0.2, 0.25) is 5.91 Å². The average Bonchev–Trinajstić information content (AvgIpc) is 2.63. The van der Waals surface area contributed by atoms with Gasteiger partial charge in [0.25, 0.3) is 0 Å². The van der Waals surface area contributed by atoms with E-state index in [-0.39, 0.29) is 0 Å². The molecule has 0 fully saturated rings. The molecule has 6 nitrogen and oxygen atoms in total. The molecule has 0 aliphatic rings. The highest BCUT2D eigenvalue weighted by molar-refractivity contribution is 5.94. The smallest absolute Gasteiger partial charge is 0.328 e. The van der Waals surface area contributed by atoms with Gasteiger partial charge >= 0.3 is 5.97 Å². The van der Waals surface area contributed by atoms with Crippen LogP contribution >= 0.6 is 0 Å². The van der Waals surface area contributed by atoms with E-state index in [2.05, 4.69) is 5.32 Å². The first kappa shape index (κ1) is 18.2. The number of benzene rings is 2. The number of carbonyl (C=O) groups excluding carboxylic acids is 1. The number of aliphatic carboxylic acids is 1. The number of carbonyl (C=O) groups is 2. The first-order chi connectivity index (χ1) is 12.1. The Bertz CT molecular complexity index is 742. The van der Waals surface area contributed by atoms with E-state index in [0.29, 0.717) is 12.4 Å². The zero-order valence-electron chi connectivity index (χ0n) is 13.5. The van der Waals surface area contributed by atoms with Gasteiger partial charge in [0.05, 0.1) is 6.61 Å². The van der Waals surface area contributed by atoms with E-state index in [1.807, 2.05) is 36.4 Å². The maximum absolute atomic E-state index is 11.7. The van der Waals surface area contributed by atoms with Crippen LogP contribution in [-0.2, 0) is 16.2 Å². The van der Waals surface area contributed by atoms with E-state index in [1.165, 1.54) is 6.08 Å². The molecule has 2 aromatic carbocycles. The van der Waals surface area contributed by atoms with Crippen molar-refractivity contribution < 1.29 is 24.5 Å². The summed E-state index contributed by atoms with van der Waals surface area (Å²) in [5.74, 6) is -1.23. The Balaban J connectivity index is 1.94. The maximum atomic E-state index is 11.7. The first-order valence-corrected chi connectivity index (χ1v) is 7.67. The Hall–Kier alpha value is -3.12. The standard InChI is InChI=1S/C19H19NO5/c21-12-17(19(23)24)20-18(22)10-9-14-7-4-8-16(11-14)25-13-15-5-2-1-3-6-15/h1-11,17,21H,12-13H2,(H,20,22)(H,23,24)/b10-9+. The van der Waals surface area contributed by atoms with Crippen LogP contribution in [-0.4, -0.2) is 34.7 Å². The fourth-order valence-electron chi connectivity index (χ4n) is 2.03. The lowest BCUT2D eigenvalue weighted by Crippen LogP contribution is -2.42. The highest BCUT2D eigenvalue weighted by Gasteiger charge is 2.16. The highest BCUT2D eigenvalue weighted by Crippen LogP contribution is 2.16. The van der Waals surface area contributed by atoms with Crippen molar-refractivity contribution in [2.75, 3.05) is 6.61 Å². The van der Waals surface area contributed by atoms with Gasteiger partial charge in [0, 0.05) is 6.08 Å². The summed E-state index contributed by atoms with van der Waals surface area (Å²) in [7, 11) is 0. The lowest BCUT2D eigenvalue weighted by molar-refractivity contribution is -0.142.